The minimum Gasteiger partial charge on any atom is -0.326 e. The molecule has 10 nitrogen and oxygen atoms in total. The number of hydrogen-bond donors (Lipinski definition) is 2. The van der Waals surface area contributed by atoms with E-state index in [-0.39, 0.29) is 29.7 Å². The molecular formula is C24H27N7O3S. The zero-order valence-corrected chi connectivity index (χ0v) is 20.8. The van der Waals surface area contributed by atoms with Gasteiger partial charge in [0.25, 0.3) is 0 Å². The fraction of sp³-hybridized carbons (Fsp3) is 0.292. The number of thioether (sulfide) groups is 1. The van der Waals surface area contributed by atoms with Crippen molar-refractivity contribution in [2.24, 2.45) is 14.1 Å². The van der Waals surface area contributed by atoms with E-state index >= 15 is 0 Å². The monoisotopic (exact) mass is 493 g/mol. The van der Waals surface area contributed by atoms with E-state index in [1.54, 1.807) is 41.4 Å². The van der Waals surface area contributed by atoms with Gasteiger partial charge in [0.15, 0.2) is 5.16 Å². The molecule has 0 aliphatic carbocycles. The summed E-state index contributed by atoms with van der Waals surface area (Å²) in [5.41, 5.74) is 3.85. The maximum absolute atomic E-state index is 12.6. The second-order valence-electron chi connectivity index (χ2n) is 8.17. The van der Waals surface area contributed by atoms with E-state index in [1.165, 1.54) is 11.8 Å². The van der Waals surface area contributed by atoms with Crippen molar-refractivity contribution in [3.63, 3.8) is 0 Å². The van der Waals surface area contributed by atoms with Crippen molar-refractivity contribution in [2.45, 2.75) is 32.0 Å². The molecule has 0 atom stereocenters. The number of nitrogens with one attached hydrogen (secondary N) is 2. The summed E-state index contributed by atoms with van der Waals surface area (Å²) >= 11 is 1.25. The van der Waals surface area contributed by atoms with Crippen LogP contribution in [0.1, 0.15) is 18.3 Å². The van der Waals surface area contributed by atoms with Gasteiger partial charge in [-0.25, -0.2) is 4.79 Å². The molecule has 35 heavy (non-hydrogen) atoms. The highest BCUT2D eigenvalue weighted by Gasteiger charge is 2.16. The zero-order valence-electron chi connectivity index (χ0n) is 20.0. The predicted octanol–water partition coefficient (Wildman–Crippen LogP) is 2.71. The van der Waals surface area contributed by atoms with Crippen LogP contribution in [0.2, 0.25) is 0 Å². The van der Waals surface area contributed by atoms with Gasteiger partial charge in [0.1, 0.15) is 5.82 Å². The molecule has 4 rings (SSSR count). The molecule has 0 radical (unpaired) electrons. The SMILES string of the molecule is CCn1c(CC(=O)Nc2ccc(C)cc2)nnc1SCC(=O)Nc1ccc2c(c1)n(C)c(=O)n2C. The Hall–Kier alpha value is -3.86. The van der Waals surface area contributed by atoms with Crippen molar-refractivity contribution in [2.75, 3.05) is 16.4 Å². The average molecular weight is 494 g/mol. The fourth-order valence-corrected chi connectivity index (χ4v) is 4.59. The van der Waals surface area contributed by atoms with Crippen molar-refractivity contribution in [3.05, 3.63) is 64.3 Å². The van der Waals surface area contributed by atoms with Gasteiger partial charge in [-0.1, -0.05) is 29.5 Å². The molecule has 0 saturated heterocycles. The summed E-state index contributed by atoms with van der Waals surface area (Å²) in [6.45, 7) is 4.50. The van der Waals surface area contributed by atoms with Crippen LogP contribution in [0.4, 0.5) is 11.4 Å². The Morgan fingerprint density at radius 3 is 2.29 bits per heavy atom. The largest absolute Gasteiger partial charge is 0.328 e. The van der Waals surface area contributed by atoms with Crippen LogP contribution in [-0.4, -0.2) is 41.5 Å². The normalized spacial score (nSPS) is 11.1. The van der Waals surface area contributed by atoms with Crippen LogP contribution in [0, 0.1) is 6.92 Å². The van der Waals surface area contributed by atoms with Gasteiger partial charge in [0, 0.05) is 32.0 Å². The number of imidazole rings is 1. The summed E-state index contributed by atoms with van der Waals surface area (Å²) in [5, 5.41) is 14.6. The molecule has 0 bridgehead atoms. The Balaban J connectivity index is 1.37. The molecule has 2 amide bonds. The summed E-state index contributed by atoms with van der Waals surface area (Å²) in [6, 6.07) is 12.9. The van der Waals surface area contributed by atoms with Crippen LogP contribution in [0.3, 0.4) is 0 Å². The fourth-order valence-electron chi connectivity index (χ4n) is 3.77. The molecule has 4 aromatic rings. The van der Waals surface area contributed by atoms with E-state index in [2.05, 4.69) is 20.8 Å². The third-order valence-electron chi connectivity index (χ3n) is 5.65. The van der Waals surface area contributed by atoms with Gasteiger partial charge in [-0.2, -0.15) is 0 Å². The van der Waals surface area contributed by atoms with Gasteiger partial charge in [-0.3, -0.25) is 18.7 Å². The summed E-state index contributed by atoms with van der Waals surface area (Å²) in [6.07, 6.45) is 0.0806. The van der Waals surface area contributed by atoms with Gasteiger partial charge in [-0.05, 0) is 44.2 Å². The number of fused-ring (bicyclic) bond motifs is 1. The predicted molar refractivity (Wildman–Crippen MR) is 137 cm³/mol. The van der Waals surface area contributed by atoms with Crippen LogP contribution in [0.25, 0.3) is 11.0 Å². The molecule has 0 unspecified atom stereocenters. The Labute approximate surface area is 206 Å². The van der Waals surface area contributed by atoms with E-state index in [4.69, 9.17) is 0 Å². The Morgan fingerprint density at radius 2 is 1.57 bits per heavy atom. The third-order valence-corrected chi connectivity index (χ3v) is 6.62. The lowest BCUT2D eigenvalue weighted by molar-refractivity contribution is -0.116. The molecule has 11 heteroatoms. The first-order valence-corrected chi connectivity index (χ1v) is 12.1. The molecular weight excluding hydrogens is 466 g/mol. The number of amides is 2. The highest BCUT2D eigenvalue weighted by Crippen LogP contribution is 2.20. The van der Waals surface area contributed by atoms with E-state index in [0.717, 1.165) is 22.3 Å². The van der Waals surface area contributed by atoms with Crippen LogP contribution in [0.15, 0.2) is 52.4 Å². The number of hydrogen-bond acceptors (Lipinski definition) is 6. The number of carbonyl (C=O) groups is 2. The number of aromatic nitrogens is 5. The van der Waals surface area contributed by atoms with Crippen LogP contribution >= 0.6 is 11.8 Å². The molecule has 182 valence electrons. The Kier molecular flexibility index (Phi) is 7.06. The quantitative estimate of drug-likeness (QED) is 0.365. The number of rotatable bonds is 8. The minimum absolute atomic E-state index is 0.0806. The van der Waals surface area contributed by atoms with Crippen molar-refractivity contribution in [1.29, 1.82) is 0 Å². The maximum atomic E-state index is 12.6. The highest BCUT2D eigenvalue weighted by molar-refractivity contribution is 7.99. The summed E-state index contributed by atoms with van der Waals surface area (Å²) < 4.78 is 4.94. The van der Waals surface area contributed by atoms with Gasteiger partial charge in [0.2, 0.25) is 11.8 Å². The van der Waals surface area contributed by atoms with Gasteiger partial charge < -0.3 is 15.2 Å². The molecule has 2 N–H and O–H groups in total. The molecule has 2 heterocycles. The number of carbonyl (C=O) groups excluding carboxylic acids is 2. The van der Waals surface area contributed by atoms with Gasteiger partial charge in [-0.15, -0.1) is 10.2 Å². The summed E-state index contributed by atoms with van der Waals surface area (Å²) in [5.74, 6) is 0.269. The van der Waals surface area contributed by atoms with Crippen molar-refractivity contribution >= 4 is 46.0 Å². The molecule has 2 aromatic heterocycles. The van der Waals surface area contributed by atoms with Crippen molar-refractivity contribution in [3.8, 4) is 0 Å². The minimum atomic E-state index is -0.209. The third kappa shape index (κ3) is 5.29. The number of nitrogens with zero attached hydrogens (tertiary/aromatic N) is 5. The molecule has 0 saturated carbocycles. The van der Waals surface area contributed by atoms with Crippen LogP contribution in [-0.2, 0) is 36.6 Å². The Morgan fingerprint density at radius 1 is 0.914 bits per heavy atom. The van der Waals surface area contributed by atoms with E-state index in [1.807, 2.05) is 42.7 Å². The number of aryl methyl sites for hydroxylation is 3. The first-order chi connectivity index (χ1) is 16.8. The lowest BCUT2D eigenvalue weighted by atomic mass is 10.2. The standard InChI is InChI=1S/C24H27N7O3S/c1-5-31-20(13-21(32)25-16-8-6-15(2)7-9-16)27-28-23(31)35-14-22(33)26-17-10-11-18-19(12-17)30(4)24(34)29(18)3/h6-12H,5,13-14H2,1-4H3,(H,25,32)(H,26,33). The first-order valence-electron chi connectivity index (χ1n) is 11.1. The second-order valence-corrected chi connectivity index (χ2v) is 9.12. The Bertz CT molecular complexity index is 1450. The molecule has 2 aromatic carbocycles. The average Bonchev–Trinajstić information content (AvgIpc) is 3.32. The lowest BCUT2D eigenvalue weighted by Crippen LogP contribution is -2.19. The van der Waals surface area contributed by atoms with E-state index in [0.29, 0.717) is 23.2 Å². The maximum Gasteiger partial charge on any atom is 0.328 e. The molecule has 0 aliphatic rings. The molecule has 0 fully saturated rings. The van der Waals surface area contributed by atoms with Crippen molar-refractivity contribution < 1.29 is 9.59 Å². The number of anilines is 2. The zero-order chi connectivity index (χ0) is 25.1. The topological polar surface area (TPSA) is 116 Å². The van der Waals surface area contributed by atoms with Crippen LogP contribution in [0.5, 0.6) is 0 Å². The second kappa shape index (κ2) is 10.2. The summed E-state index contributed by atoms with van der Waals surface area (Å²) in [4.78, 5) is 37.1. The number of benzene rings is 2. The first kappa shape index (κ1) is 24.3. The van der Waals surface area contributed by atoms with Crippen LogP contribution < -0.4 is 16.3 Å². The lowest BCUT2D eigenvalue weighted by Gasteiger charge is -2.09. The smallest absolute Gasteiger partial charge is 0.326 e. The van der Waals surface area contributed by atoms with Crippen molar-refractivity contribution in [1.82, 2.24) is 23.9 Å². The molecule has 0 spiro atoms. The summed E-state index contributed by atoms with van der Waals surface area (Å²) in [7, 11) is 3.41. The van der Waals surface area contributed by atoms with Gasteiger partial charge >= 0.3 is 5.69 Å². The van der Waals surface area contributed by atoms with E-state index < -0.39 is 0 Å². The van der Waals surface area contributed by atoms with Gasteiger partial charge in [0.05, 0.1) is 23.2 Å². The molecule has 0 aliphatic heterocycles. The van der Waals surface area contributed by atoms with E-state index in [9.17, 15) is 14.4 Å². The highest BCUT2D eigenvalue weighted by atomic mass is 32.2.